The highest BCUT2D eigenvalue weighted by Gasteiger charge is 2.35. The van der Waals surface area contributed by atoms with Crippen molar-refractivity contribution in [2.24, 2.45) is 11.8 Å². The van der Waals surface area contributed by atoms with E-state index in [-0.39, 0.29) is 0 Å². The van der Waals surface area contributed by atoms with Crippen LogP contribution in [0.5, 0.6) is 0 Å². The third-order valence-electron chi connectivity index (χ3n) is 5.25. The molecule has 0 spiro atoms. The second-order valence-corrected chi connectivity index (χ2v) is 6.83. The first-order valence-electron chi connectivity index (χ1n) is 8.11. The first-order chi connectivity index (χ1) is 8.61. The van der Waals surface area contributed by atoms with Gasteiger partial charge in [-0.25, -0.2) is 0 Å². The van der Waals surface area contributed by atoms with Gasteiger partial charge in [0, 0.05) is 24.7 Å². The lowest BCUT2D eigenvalue weighted by molar-refractivity contribution is 0.0206. The molecular weight excluding hydrogens is 220 g/mol. The zero-order chi connectivity index (χ0) is 13.1. The van der Waals surface area contributed by atoms with Crippen LogP contribution >= 0.6 is 0 Å². The lowest BCUT2D eigenvalue weighted by Gasteiger charge is -2.47. The van der Waals surface area contributed by atoms with E-state index in [0.29, 0.717) is 0 Å². The summed E-state index contributed by atoms with van der Waals surface area (Å²) in [5, 5.41) is 3.66. The lowest BCUT2D eigenvalue weighted by atomic mass is 9.81. The summed E-state index contributed by atoms with van der Waals surface area (Å²) in [6, 6.07) is 2.39. The minimum Gasteiger partial charge on any atom is -0.314 e. The van der Waals surface area contributed by atoms with Crippen molar-refractivity contribution in [3.63, 3.8) is 0 Å². The van der Waals surface area contributed by atoms with Crippen LogP contribution in [-0.4, -0.2) is 36.1 Å². The topological polar surface area (TPSA) is 15.3 Å². The molecule has 1 heterocycles. The van der Waals surface area contributed by atoms with Gasteiger partial charge < -0.3 is 5.32 Å². The number of rotatable bonds is 3. The first-order valence-corrected chi connectivity index (χ1v) is 8.11. The molecule has 1 saturated heterocycles. The van der Waals surface area contributed by atoms with E-state index < -0.39 is 0 Å². The summed E-state index contributed by atoms with van der Waals surface area (Å²) in [6.07, 6.45) is 7.01. The Kier molecular flexibility index (Phi) is 5.08. The number of likely N-dealkylation sites (tertiary alicyclic amines) is 1. The molecule has 1 saturated carbocycles. The predicted molar refractivity (Wildman–Crippen MR) is 78.8 cm³/mol. The molecule has 106 valence electrons. The van der Waals surface area contributed by atoms with E-state index in [1.54, 1.807) is 0 Å². The standard InChI is InChI=1S/C16H32N2/c1-5-17-15-7-6-8-16(10-15)18-11-12(2)9-13(3)14(18)4/h12-17H,5-11H2,1-4H3. The molecule has 1 N–H and O–H groups in total. The molecule has 2 nitrogen and oxygen atoms in total. The summed E-state index contributed by atoms with van der Waals surface area (Å²) in [5.41, 5.74) is 0. The van der Waals surface area contributed by atoms with Crippen LogP contribution in [0.15, 0.2) is 0 Å². The largest absolute Gasteiger partial charge is 0.314 e. The van der Waals surface area contributed by atoms with Crippen LogP contribution in [0, 0.1) is 11.8 Å². The Balaban J connectivity index is 1.96. The van der Waals surface area contributed by atoms with Crippen molar-refractivity contribution in [1.82, 2.24) is 10.2 Å². The van der Waals surface area contributed by atoms with Gasteiger partial charge in [-0.15, -0.1) is 0 Å². The van der Waals surface area contributed by atoms with Crippen molar-refractivity contribution in [1.29, 1.82) is 0 Å². The fourth-order valence-electron chi connectivity index (χ4n) is 4.18. The van der Waals surface area contributed by atoms with Crippen LogP contribution in [0.25, 0.3) is 0 Å². The van der Waals surface area contributed by atoms with Crippen molar-refractivity contribution in [3.8, 4) is 0 Å². The Labute approximate surface area is 114 Å². The molecule has 0 radical (unpaired) electrons. The molecule has 2 rings (SSSR count). The van der Waals surface area contributed by atoms with Crippen LogP contribution in [0.3, 0.4) is 0 Å². The molecule has 5 atom stereocenters. The highest BCUT2D eigenvalue weighted by atomic mass is 15.2. The van der Waals surface area contributed by atoms with E-state index in [9.17, 15) is 0 Å². The second-order valence-electron chi connectivity index (χ2n) is 6.83. The molecule has 2 aliphatic rings. The summed E-state index contributed by atoms with van der Waals surface area (Å²) in [4.78, 5) is 2.84. The van der Waals surface area contributed by atoms with Crippen LogP contribution in [0.2, 0.25) is 0 Å². The predicted octanol–water partition coefficient (Wildman–Crippen LogP) is 3.27. The third-order valence-corrected chi connectivity index (χ3v) is 5.25. The Morgan fingerprint density at radius 1 is 1.11 bits per heavy atom. The van der Waals surface area contributed by atoms with Crippen molar-refractivity contribution < 1.29 is 0 Å². The molecule has 1 aliphatic carbocycles. The summed E-state index contributed by atoms with van der Waals surface area (Å²) in [7, 11) is 0. The average Bonchev–Trinajstić information content (AvgIpc) is 2.34. The van der Waals surface area contributed by atoms with E-state index in [1.807, 2.05) is 0 Å². The molecule has 18 heavy (non-hydrogen) atoms. The molecule has 1 aliphatic heterocycles. The Morgan fingerprint density at radius 2 is 1.89 bits per heavy atom. The van der Waals surface area contributed by atoms with E-state index in [2.05, 4.69) is 37.9 Å². The smallest absolute Gasteiger partial charge is 0.0113 e. The Morgan fingerprint density at radius 3 is 2.61 bits per heavy atom. The van der Waals surface area contributed by atoms with Gasteiger partial charge >= 0.3 is 0 Å². The fraction of sp³-hybridized carbons (Fsp3) is 1.00. The van der Waals surface area contributed by atoms with E-state index in [0.717, 1.165) is 36.5 Å². The van der Waals surface area contributed by atoms with Gasteiger partial charge in [0.1, 0.15) is 0 Å². The maximum Gasteiger partial charge on any atom is 0.0113 e. The maximum absolute atomic E-state index is 3.66. The summed E-state index contributed by atoms with van der Waals surface area (Å²) >= 11 is 0. The number of nitrogens with one attached hydrogen (secondary N) is 1. The van der Waals surface area contributed by atoms with E-state index in [4.69, 9.17) is 0 Å². The molecule has 5 unspecified atom stereocenters. The fourth-order valence-corrected chi connectivity index (χ4v) is 4.18. The van der Waals surface area contributed by atoms with Gasteiger partial charge in [-0.3, -0.25) is 4.90 Å². The number of nitrogens with zero attached hydrogens (tertiary/aromatic N) is 1. The van der Waals surface area contributed by atoms with Gasteiger partial charge in [-0.1, -0.05) is 27.2 Å². The van der Waals surface area contributed by atoms with Gasteiger partial charge in [0.2, 0.25) is 0 Å². The quantitative estimate of drug-likeness (QED) is 0.829. The second kappa shape index (κ2) is 6.38. The number of hydrogen-bond donors (Lipinski definition) is 1. The van der Waals surface area contributed by atoms with Gasteiger partial charge in [0.25, 0.3) is 0 Å². The van der Waals surface area contributed by atoms with Crippen molar-refractivity contribution >= 4 is 0 Å². The van der Waals surface area contributed by atoms with Gasteiger partial charge in [-0.2, -0.15) is 0 Å². The SMILES string of the molecule is CCNC1CCCC(N2CC(C)CC(C)C2C)C1. The van der Waals surface area contributed by atoms with Crippen molar-refractivity contribution in [2.45, 2.75) is 77.9 Å². The van der Waals surface area contributed by atoms with Crippen LogP contribution in [0.1, 0.15) is 59.8 Å². The molecule has 0 aromatic heterocycles. The molecule has 0 aromatic carbocycles. The zero-order valence-corrected chi connectivity index (χ0v) is 12.8. The van der Waals surface area contributed by atoms with Crippen LogP contribution in [-0.2, 0) is 0 Å². The monoisotopic (exact) mass is 252 g/mol. The molecular formula is C16H32N2. The summed E-state index contributed by atoms with van der Waals surface area (Å²) in [5.74, 6) is 1.75. The minimum absolute atomic E-state index is 0.772. The van der Waals surface area contributed by atoms with Crippen LogP contribution in [0.4, 0.5) is 0 Å². The van der Waals surface area contributed by atoms with Gasteiger partial charge in [-0.05, 0) is 51.0 Å². The van der Waals surface area contributed by atoms with Crippen molar-refractivity contribution in [2.75, 3.05) is 13.1 Å². The van der Waals surface area contributed by atoms with E-state index in [1.165, 1.54) is 38.6 Å². The molecule has 2 fully saturated rings. The zero-order valence-electron chi connectivity index (χ0n) is 12.8. The van der Waals surface area contributed by atoms with E-state index >= 15 is 0 Å². The van der Waals surface area contributed by atoms with Crippen molar-refractivity contribution in [3.05, 3.63) is 0 Å². The first kappa shape index (κ1) is 14.3. The summed E-state index contributed by atoms with van der Waals surface area (Å²) in [6.45, 7) is 12.0. The van der Waals surface area contributed by atoms with Gasteiger partial charge in [0.05, 0.1) is 0 Å². The highest BCUT2D eigenvalue weighted by molar-refractivity contribution is 4.90. The van der Waals surface area contributed by atoms with Crippen LogP contribution < -0.4 is 5.32 Å². The average molecular weight is 252 g/mol. The lowest BCUT2D eigenvalue weighted by Crippen LogP contribution is -2.53. The minimum atomic E-state index is 0.772. The normalized spacial score (nSPS) is 43.0. The Hall–Kier alpha value is -0.0800. The molecule has 0 amide bonds. The number of hydrogen-bond acceptors (Lipinski definition) is 2. The highest BCUT2D eigenvalue weighted by Crippen LogP contribution is 2.33. The number of piperidine rings is 1. The molecule has 2 heteroatoms. The maximum atomic E-state index is 3.66. The third kappa shape index (κ3) is 3.27. The summed E-state index contributed by atoms with van der Waals surface area (Å²) < 4.78 is 0. The molecule has 0 bridgehead atoms. The van der Waals surface area contributed by atoms with Gasteiger partial charge in [0.15, 0.2) is 0 Å². The molecule has 0 aromatic rings. The Bertz CT molecular complexity index is 251.